The van der Waals surface area contributed by atoms with Crippen LogP contribution in [0, 0.1) is 0 Å². The molecule has 1 heteroatoms. The molecule has 0 nitrogen and oxygen atoms in total. The number of hydrogen-bond donors (Lipinski definition) is 0. The normalized spacial score (nSPS) is 14.7. The molecular formula is C15H16S. The molecule has 0 N–H and O–H groups in total. The first-order valence-electron chi connectivity index (χ1n) is 5.88. The Bertz CT molecular complexity index is 499. The maximum absolute atomic E-state index is 2.39. The van der Waals surface area contributed by atoms with Crippen molar-refractivity contribution in [2.24, 2.45) is 0 Å². The first kappa shape index (κ1) is 10.2. The van der Waals surface area contributed by atoms with Gasteiger partial charge in [0.1, 0.15) is 0 Å². The van der Waals surface area contributed by atoms with Crippen molar-refractivity contribution >= 4 is 11.8 Å². The van der Waals surface area contributed by atoms with Gasteiger partial charge in [0, 0.05) is 11.5 Å². The molecule has 0 aromatic heterocycles. The van der Waals surface area contributed by atoms with Gasteiger partial charge in [-0.05, 0) is 39.8 Å². The van der Waals surface area contributed by atoms with Gasteiger partial charge in [0.25, 0.3) is 0 Å². The molecule has 3 aliphatic rings. The second-order valence-electron chi connectivity index (χ2n) is 4.83. The van der Waals surface area contributed by atoms with Gasteiger partial charge in [-0.2, -0.15) is 11.8 Å². The molecule has 0 aromatic rings. The lowest BCUT2D eigenvalue weighted by Crippen LogP contribution is -1.83. The van der Waals surface area contributed by atoms with E-state index in [0.717, 1.165) is 0 Å². The zero-order chi connectivity index (χ0) is 11.1. The minimum Gasteiger partial charge on any atom is -0.152 e. The maximum atomic E-state index is 2.39. The third-order valence-electron chi connectivity index (χ3n) is 3.40. The van der Waals surface area contributed by atoms with Gasteiger partial charge < -0.3 is 0 Å². The van der Waals surface area contributed by atoms with Crippen LogP contribution < -0.4 is 0 Å². The summed E-state index contributed by atoms with van der Waals surface area (Å²) in [5.41, 5.74) is 7.46. The second-order valence-corrected chi connectivity index (χ2v) is 5.82. The predicted molar refractivity (Wildman–Crippen MR) is 72.2 cm³/mol. The van der Waals surface area contributed by atoms with E-state index in [2.05, 4.69) is 44.2 Å². The average Bonchev–Trinajstić information content (AvgIpc) is 2.73. The van der Waals surface area contributed by atoms with Gasteiger partial charge in [-0.3, -0.25) is 0 Å². The average molecular weight is 228 g/mol. The Hall–Kier alpha value is -0.950. The molecule has 0 spiro atoms. The number of thioether (sulfide) groups is 1. The summed E-state index contributed by atoms with van der Waals surface area (Å²) in [4.78, 5) is 0. The molecule has 0 atom stereocenters. The molecule has 0 amide bonds. The Morgan fingerprint density at radius 1 is 1.12 bits per heavy atom. The fourth-order valence-electron chi connectivity index (χ4n) is 2.42. The molecule has 0 bridgehead atoms. The maximum Gasteiger partial charge on any atom is 0.0197 e. The lowest BCUT2D eigenvalue weighted by Gasteiger charge is -2.02. The van der Waals surface area contributed by atoms with E-state index in [9.17, 15) is 0 Å². The SMILES string of the molecule is CC(C)c1cccc2c3c(cc-2c1)CSC3. The van der Waals surface area contributed by atoms with E-state index >= 15 is 0 Å². The van der Waals surface area contributed by atoms with E-state index in [0.29, 0.717) is 5.92 Å². The Balaban J connectivity index is 2.20. The number of hydrogen-bond acceptors (Lipinski definition) is 1. The topological polar surface area (TPSA) is 0 Å². The summed E-state index contributed by atoms with van der Waals surface area (Å²) >= 11 is 2.03. The molecular weight excluding hydrogens is 212 g/mol. The lowest BCUT2D eigenvalue weighted by molar-refractivity contribution is 0.869. The fraction of sp³-hybridized carbons (Fsp3) is 0.333. The molecule has 0 unspecified atom stereocenters. The van der Waals surface area contributed by atoms with E-state index in [1.54, 1.807) is 11.1 Å². The molecule has 16 heavy (non-hydrogen) atoms. The highest BCUT2D eigenvalue weighted by molar-refractivity contribution is 7.98. The van der Waals surface area contributed by atoms with Crippen LogP contribution in [0.3, 0.4) is 0 Å². The highest BCUT2D eigenvalue weighted by Gasteiger charge is 2.19. The molecule has 82 valence electrons. The first-order chi connectivity index (χ1) is 7.75. The van der Waals surface area contributed by atoms with Crippen molar-refractivity contribution in [3.8, 4) is 11.1 Å². The third-order valence-corrected chi connectivity index (χ3v) is 4.41. The summed E-state index contributed by atoms with van der Waals surface area (Å²) < 4.78 is 0. The van der Waals surface area contributed by atoms with E-state index < -0.39 is 0 Å². The highest BCUT2D eigenvalue weighted by atomic mass is 32.2. The third kappa shape index (κ3) is 1.54. The van der Waals surface area contributed by atoms with Crippen molar-refractivity contribution in [3.05, 3.63) is 47.0 Å². The predicted octanol–water partition coefficient (Wildman–Crippen LogP) is 4.66. The zero-order valence-electron chi connectivity index (χ0n) is 9.79. The second kappa shape index (κ2) is 3.81. The van der Waals surface area contributed by atoms with Crippen LogP contribution in [0.25, 0.3) is 11.1 Å². The van der Waals surface area contributed by atoms with Crippen LogP contribution in [0.4, 0.5) is 0 Å². The van der Waals surface area contributed by atoms with Crippen LogP contribution in [-0.2, 0) is 11.5 Å². The molecule has 2 aliphatic carbocycles. The Kier molecular flexibility index (Phi) is 2.44. The van der Waals surface area contributed by atoms with Crippen molar-refractivity contribution in [2.75, 3.05) is 0 Å². The highest BCUT2D eigenvalue weighted by Crippen LogP contribution is 2.41. The van der Waals surface area contributed by atoms with Gasteiger partial charge in [0.05, 0.1) is 0 Å². The van der Waals surface area contributed by atoms with Crippen LogP contribution >= 0.6 is 11.8 Å². The standard InChI is InChI=1S/C15H16S/c1-10(2)11-4-3-5-14-12(6-11)7-13-8-16-9-15(13)14/h3-7,10H,8-9H2,1-2H3. The molecule has 0 aromatic carbocycles. The van der Waals surface area contributed by atoms with Crippen LogP contribution in [0.5, 0.6) is 0 Å². The van der Waals surface area contributed by atoms with Gasteiger partial charge in [-0.15, -0.1) is 0 Å². The van der Waals surface area contributed by atoms with Crippen LogP contribution in [-0.4, -0.2) is 0 Å². The van der Waals surface area contributed by atoms with Gasteiger partial charge in [0.15, 0.2) is 0 Å². The van der Waals surface area contributed by atoms with Crippen molar-refractivity contribution in [3.63, 3.8) is 0 Å². The molecule has 0 saturated carbocycles. The van der Waals surface area contributed by atoms with Crippen molar-refractivity contribution in [2.45, 2.75) is 31.3 Å². The molecule has 0 radical (unpaired) electrons. The minimum atomic E-state index is 0.606. The summed E-state index contributed by atoms with van der Waals surface area (Å²) in [6.07, 6.45) is 0. The van der Waals surface area contributed by atoms with Gasteiger partial charge in [0.2, 0.25) is 0 Å². The summed E-state index contributed by atoms with van der Waals surface area (Å²) in [5, 5.41) is 0. The van der Waals surface area contributed by atoms with Gasteiger partial charge >= 0.3 is 0 Å². The van der Waals surface area contributed by atoms with E-state index in [1.165, 1.54) is 28.2 Å². The zero-order valence-corrected chi connectivity index (χ0v) is 10.6. The van der Waals surface area contributed by atoms with E-state index in [1.807, 2.05) is 11.8 Å². The largest absolute Gasteiger partial charge is 0.152 e. The molecule has 3 rings (SSSR count). The summed E-state index contributed by atoms with van der Waals surface area (Å²) in [7, 11) is 0. The number of rotatable bonds is 1. The molecule has 0 fully saturated rings. The van der Waals surface area contributed by atoms with Crippen molar-refractivity contribution in [1.82, 2.24) is 0 Å². The molecule has 0 saturated heterocycles. The van der Waals surface area contributed by atoms with Gasteiger partial charge in [-0.25, -0.2) is 0 Å². The van der Waals surface area contributed by atoms with Gasteiger partial charge in [-0.1, -0.05) is 38.1 Å². The Morgan fingerprint density at radius 3 is 2.81 bits per heavy atom. The first-order valence-corrected chi connectivity index (χ1v) is 7.03. The monoisotopic (exact) mass is 228 g/mol. The summed E-state index contributed by atoms with van der Waals surface area (Å²) in [6, 6.07) is 11.5. The molecule has 1 aliphatic heterocycles. The lowest BCUT2D eigenvalue weighted by atomic mass is 10.0. The summed E-state index contributed by atoms with van der Waals surface area (Å²) in [6.45, 7) is 4.52. The van der Waals surface area contributed by atoms with Crippen LogP contribution in [0.15, 0.2) is 30.3 Å². The quantitative estimate of drug-likeness (QED) is 0.684. The molecule has 1 heterocycles. The van der Waals surface area contributed by atoms with E-state index in [-0.39, 0.29) is 0 Å². The fourth-order valence-corrected chi connectivity index (χ4v) is 3.55. The van der Waals surface area contributed by atoms with Crippen molar-refractivity contribution in [1.29, 1.82) is 0 Å². The van der Waals surface area contributed by atoms with E-state index in [4.69, 9.17) is 0 Å². The summed E-state index contributed by atoms with van der Waals surface area (Å²) in [5.74, 6) is 3.00. The van der Waals surface area contributed by atoms with Crippen LogP contribution in [0.2, 0.25) is 0 Å². The minimum absolute atomic E-state index is 0.606. The van der Waals surface area contributed by atoms with Crippen LogP contribution in [0.1, 0.15) is 36.5 Å². The smallest absolute Gasteiger partial charge is 0.0197 e. The Labute approximate surface area is 101 Å². The number of fused-ring (bicyclic) bond motifs is 3. The van der Waals surface area contributed by atoms with Crippen molar-refractivity contribution < 1.29 is 0 Å². The Morgan fingerprint density at radius 2 is 2.00 bits per heavy atom.